The second-order valence-electron chi connectivity index (χ2n) is 6.84. The Kier molecular flexibility index (Phi) is 6.65. The Labute approximate surface area is 160 Å². The molecule has 1 saturated carbocycles. The summed E-state index contributed by atoms with van der Waals surface area (Å²) in [6.45, 7) is 2.63. The largest absolute Gasteiger partial charge is 0.414 e. The van der Waals surface area contributed by atoms with Gasteiger partial charge in [-0.15, -0.1) is 0 Å². The van der Waals surface area contributed by atoms with E-state index in [-0.39, 0.29) is 5.70 Å². The minimum absolute atomic E-state index is 0.0722. The van der Waals surface area contributed by atoms with Gasteiger partial charge in [0.25, 0.3) is 5.91 Å². The first-order valence-electron chi connectivity index (χ1n) is 9.01. The van der Waals surface area contributed by atoms with Crippen LogP contribution in [0.25, 0.3) is 0 Å². The van der Waals surface area contributed by atoms with Gasteiger partial charge in [-0.2, -0.15) is 23.5 Å². The minimum atomic E-state index is -4.71. The van der Waals surface area contributed by atoms with E-state index >= 15 is 0 Å². The van der Waals surface area contributed by atoms with Crippen LogP contribution in [0.2, 0.25) is 0 Å². The van der Waals surface area contributed by atoms with Crippen LogP contribution in [0.5, 0.6) is 0 Å². The lowest BCUT2D eigenvalue weighted by Crippen LogP contribution is -2.50. The van der Waals surface area contributed by atoms with Crippen LogP contribution in [-0.4, -0.2) is 21.9 Å². The molecule has 0 saturated heterocycles. The van der Waals surface area contributed by atoms with Crippen molar-refractivity contribution in [1.82, 2.24) is 15.1 Å². The van der Waals surface area contributed by atoms with E-state index in [1.165, 1.54) is 17.7 Å². The first-order chi connectivity index (χ1) is 13.1. The molecule has 0 bridgehead atoms. The van der Waals surface area contributed by atoms with E-state index in [0.29, 0.717) is 12.8 Å². The molecule has 0 radical (unpaired) electrons. The number of hydrogen-bond acceptors (Lipinski definition) is 3. The summed E-state index contributed by atoms with van der Waals surface area (Å²) in [7, 11) is 0. The third-order valence-corrected chi connectivity index (χ3v) is 4.96. The molecule has 1 aliphatic carbocycles. The van der Waals surface area contributed by atoms with Gasteiger partial charge in [-0.05, 0) is 32.8 Å². The fourth-order valence-corrected chi connectivity index (χ4v) is 3.36. The molecule has 152 valence electrons. The summed E-state index contributed by atoms with van der Waals surface area (Å²) < 4.78 is 54.6. The van der Waals surface area contributed by atoms with Crippen molar-refractivity contribution < 1.29 is 22.4 Å². The molecule has 28 heavy (non-hydrogen) atoms. The zero-order valence-corrected chi connectivity index (χ0v) is 15.7. The molecule has 1 heterocycles. The Morgan fingerprint density at radius 1 is 1.39 bits per heavy atom. The molecule has 1 aliphatic rings. The number of aromatic nitrogens is 2. The molecule has 2 rings (SSSR count). The van der Waals surface area contributed by atoms with Crippen molar-refractivity contribution in [3.63, 3.8) is 0 Å². The first-order valence-corrected chi connectivity index (χ1v) is 9.01. The van der Waals surface area contributed by atoms with Crippen molar-refractivity contribution in [3.05, 3.63) is 41.6 Å². The van der Waals surface area contributed by atoms with Crippen LogP contribution in [0.15, 0.2) is 35.8 Å². The molecule has 0 aliphatic heterocycles. The van der Waals surface area contributed by atoms with Gasteiger partial charge >= 0.3 is 6.18 Å². The van der Waals surface area contributed by atoms with E-state index in [1.807, 2.05) is 0 Å². The van der Waals surface area contributed by atoms with Gasteiger partial charge in [0.05, 0.1) is 30.0 Å². The van der Waals surface area contributed by atoms with Gasteiger partial charge < -0.3 is 5.32 Å². The summed E-state index contributed by atoms with van der Waals surface area (Å²) in [5.74, 6) is -2.53. The molecule has 1 amide bonds. The van der Waals surface area contributed by atoms with Crippen LogP contribution >= 0.6 is 0 Å². The Morgan fingerprint density at radius 3 is 2.50 bits per heavy atom. The van der Waals surface area contributed by atoms with Crippen molar-refractivity contribution in [3.8, 4) is 6.07 Å². The van der Waals surface area contributed by atoms with E-state index in [1.54, 1.807) is 6.07 Å². The molecule has 9 heteroatoms. The van der Waals surface area contributed by atoms with E-state index in [0.717, 1.165) is 44.7 Å². The molecule has 1 aromatic heterocycles. The van der Waals surface area contributed by atoms with Crippen molar-refractivity contribution >= 4 is 5.91 Å². The highest BCUT2D eigenvalue weighted by Crippen LogP contribution is 2.36. The third-order valence-electron chi connectivity index (χ3n) is 4.96. The fourth-order valence-electron chi connectivity index (χ4n) is 3.36. The molecule has 1 aromatic rings. The monoisotopic (exact) mass is 398 g/mol. The van der Waals surface area contributed by atoms with Crippen LogP contribution in [-0.2, 0) is 10.3 Å². The molecule has 0 aromatic carbocycles. The lowest BCUT2D eigenvalue weighted by molar-refractivity contribution is -0.131. The van der Waals surface area contributed by atoms with Crippen LogP contribution < -0.4 is 5.32 Å². The first kappa shape index (κ1) is 21.7. The normalized spacial score (nSPS) is 19.0. The highest BCUT2D eigenvalue weighted by Gasteiger charge is 2.43. The summed E-state index contributed by atoms with van der Waals surface area (Å²) in [4.78, 5) is 13.1. The van der Waals surface area contributed by atoms with Gasteiger partial charge in [0.2, 0.25) is 0 Å². The molecule has 5 nitrogen and oxygen atoms in total. The topological polar surface area (TPSA) is 70.7 Å². The van der Waals surface area contributed by atoms with Crippen LogP contribution in [0.3, 0.4) is 0 Å². The highest BCUT2D eigenvalue weighted by molar-refractivity contribution is 5.86. The molecule has 0 spiro atoms. The number of nitrogens with one attached hydrogen (secondary N) is 1. The molecule has 1 atom stereocenters. The summed E-state index contributed by atoms with van der Waals surface area (Å²) >= 11 is 0. The number of nitrogens with zero attached hydrogens (tertiary/aromatic N) is 3. The second kappa shape index (κ2) is 8.59. The van der Waals surface area contributed by atoms with Crippen LogP contribution in [0, 0.1) is 23.1 Å². The average molecular weight is 398 g/mol. The summed E-state index contributed by atoms with van der Waals surface area (Å²) in [5.41, 5.74) is -2.28. The van der Waals surface area contributed by atoms with Crippen molar-refractivity contribution in [2.24, 2.45) is 5.92 Å². The number of alkyl halides is 3. The molecule has 1 N–H and O–H groups in total. The fraction of sp³-hybridized carbons (Fsp3) is 0.526. The van der Waals surface area contributed by atoms with E-state index in [4.69, 9.17) is 5.26 Å². The summed E-state index contributed by atoms with van der Waals surface area (Å²) in [6, 6.07) is 1.57. The molecular formula is C19H22F4N4O. The van der Waals surface area contributed by atoms with Crippen molar-refractivity contribution in [2.75, 3.05) is 0 Å². The van der Waals surface area contributed by atoms with Crippen LogP contribution in [0.1, 0.15) is 46.0 Å². The number of halogens is 4. The number of rotatable bonds is 5. The summed E-state index contributed by atoms with van der Waals surface area (Å²) in [6.07, 6.45) is 2.66. The predicted molar refractivity (Wildman–Crippen MR) is 94.1 cm³/mol. The number of nitriles is 1. The number of allylic oxidation sites excluding steroid dienone is 3. The number of amides is 1. The van der Waals surface area contributed by atoms with Gasteiger partial charge in [-0.3, -0.25) is 9.48 Å². The SMILES string of the molecule is C/C=C(\C=C(/C(C)C#N)C(F)(F)F)NC(=O)C1(n2cc(F)cn2)CCCCC1. The number of carbonyl (C=O) groups is 1. The Morgan fingerprint density at radius 2 is 2.04 bits per heavy atom. The maximum absolute atomic E-state index is 13.5. The lowest BCUT2D eigenvalue weighted by atomic mass is 9.81. The van der Waals surface area contributed by atoms with Gasteiger partial charge in [-0.25, -0.2) is 4.39 Å². The lowest BCUT2D eigenvalue weighted by Gasteiger charge is -2.36. The summed E-state index contributed by atoms with van der Waals surface area (Å²) in [5, 5.41) is 15.3. The van der Waals surface area contributed by atoms with Crippen LogP contribution in [0.4, 0.5) is 17.6 Å². The maximum atomic E-state index is 13.5. The Bertz CT molecular complexity index is 811. The standard InChI is InChI=1S/C19H22F4N4O/c1-3-15(9-16(13(2)10-24)19(21,22)23)26-17(28)18(7-5-4-6-8-18)27-12-14(20)11-25-27/h3,9,11-13H,4-8H2,1-2H3,(H,26,28)/b15-3+,16-9+. The van der Waals surface area contributed by atoms with Gasteiger partial charge in [0.1, 0.15) is 5.54 Å². The number of hydrogen-bond donors (Lipinski definition) is 1. The number of carbonyl (C=O) groups excluding carboxylic acids is 1. The average Bonchev–Trinajstić information content (AvgIpc) is 3.10. The Hall–Kier alpha value is -2.63. The Balaban J connectivity index is 2.36. The maximum Gasteiger partial charge on any atom is 0.414 e. The zero-order valence-electron chi connectivity index (χ0n) is 15.7. The van der Waals surface area contributed by atoms with Gasteiger partial charge in [0.15, 0.2) is 5.82 Å². The van der Waals surface area contributed by atoms with Gasteiger partial charge in [-0.1, -0.05) is 25.3 Å². The molecular weight excluding hydrogens is 376 g/mol. The highest BCUT2D eigenvalue weighted by atomic mass is 19.4. The van der Waals surface area contributed by atoms with E-state index < -0.39 is 34.9 Å². The van der Waals surface area contributed by atoms with Crippen molar-refractivity contribution in [2.45, 2.75) is 57.7 Å². The van der Waals surface area contributed by atoms with E-state index in [9.17, 15) is 22.4 Å². The molecule has 1 fully saturated rings. The second-order valence-corrected chi connectivity index (χ2v) is 6.84. The van der Waals surface area contributed by atoms with E-state index in [2.05, 4.69) is 10.4 Å². The predicted octanol–water partition coefficient (Wildman–Crippen LogP) is 4.35. The molecule has 1 unspecified atom stereocenters. The third kappa shape index (κ3) is 4.61. The smallest absolute Gasteiger partial charge is 0.324 e. The van der Waals surface area contributed by atoms with Gasteiger partial charge in [0, 0.05) is 5.70 Å². The quantitative estimate of drug-likeness (QED) is 0.592. The van der Waals surface area contributed by atoms with Crippen molar-refractivity contribution in [1.29, 1.82) is 5.26 Å². The minimum Gasteiger partial charge on any atom is -0.324 e. The zero-order chi connectivity index (χ0) is 20.9.